The van der Waals surface area contributed by atoms with Gasteiger partial charge in [-0.2, -0.15) is 0 Å². The van der Waals surface area contributed by atoms with Crippen molar-refractivity contribution in [3.63, 3.8) is 0 Å². The number of aliphatic carboxylic acids is 1. The average Bonchev–Trinajstić information content (AvgIpc) is 2.34. The fourth-order valence-electron chi connectivity index (χ4n) is 1.83. The van der Waals surface area contributed by atoms with Gasteiger partial charge in [-0.25, -0.2) is 4.39 Å². The van der Waals surface area contributed by atoms with Gasteiger partial charge in [0.25, 0.3) is 0 Å². The van der Waals surface area contributed by atoms with Crippen molar-refractivity contribution >= 4 is 5.97 Å². The molecule has 0 spiro atoms. The van der Waals surface area contributed by atoms with E-state index < -0.39 is 12.0 Å². The number of benzene rings is 1. The number of carboxylic acids is 1. The van der Waals surface area contributed by atoms with Gasteiger partial charge in [-0.15, -0.1) is 0 Å². The van der Waals surface area contributed by atoms with Crippen LogP contribution in [0.15, 0.2) is 24.3 Å². The van der Waals surface area contributed by atoms with Crippen molar-refractivity contribution in [1.82, 2.24) is 4.90 Å². The van der Waals surface area contributed by atoms with Gasteiger partial charge in [0.2, 0.25) is 0 Å². The zero-order chi connectivity index (χ0) is 13.7. The van der Waals surface area contributed by atoms with Gasteiger partial charge >= 0.3 is 5.97 Å². The summed E-state index contributed by atoms with van der Waals surface area (Å²) in [6.45, 7) is 3.65. The van der Waals surface area contributed by atoms with Gasteiger partial charge in [-0.3, -0.25) is 9.69 Å². The second-order valence-corrected chi connectivity index (χ2v) is 4.70. The summed E-state index contributed by atoms with van der Waals surface area (Å²) < 4.78 is 13.0. The first-order chi connectivity index (χ1) is 8.41. The van der Waals surface area contributed by atoms with Crippen LogP contribution in [0.25, 0.3) is 0 Å². The van der Waals surface area contributed by atoms with Crippen molar-refractivity contribution in [2.75, 3.05) is 7.05 Å². The van der Waals surface area contributed by atoms with Crippen molar-refractivity contribution in [2.24, 2.45) is 0 Å². The lowest BCUT2D eigenvalue weighted by Crippen LogP contribution is -2.41. The molecule has 2 unspecified atom stereocenters. The molecule has 4 heteroatoms. The topological polar surface area (TPSA) is 40.5 Å². The summed E-state index contributed by atoms with van der Waals surface area (Å²) in [5, 5.41) is 8.93. The molecule has 0 aliphatic carbocycles. The molecule has 100 valence electrons. The molecule has 2 atom stereocenters. The number of carboxylic acid groups (broad SMARTS) is 1. The summed E-state index contributed by atoms with van der Waals surface area (Å²) in [5.41, 5.74) is 0.943. The van der Waals surface area contributed by atoms with Crippen LogP contribution in [-0.2, 0) is 11.2 Å². The highest BCUT2D eigenvalue weighted by atomic mass is 19.1. The number of rotatable bonds is 6. The van der Waals surface area contributed by atoms with Crippen LogP contribution < -0.4 is 0 Å². The molecule has 1 aromatic carbocycles. The Morgan fingerprint density at radius 1 is 1.44 bits per heavy atom. The zero-order valence-electron chi connectivity index (χ0n) is 11.1. The molecule has 1 aromatic rings. The number of halogens is 1. The quantitative estimate of drug-likeness (QED) is 0.847. The third kappa shape index (κ3) is 4.11. The van der Waals surface area contributed by atoms with E-state index in [1.165, 1.54) is 12.1 Å². The van der Waals surface area contributed by atoms with Crippen LogP contribution in [0.4, 0.5) is 4.39 Å². The molecule has 1 N–H and O–H groups in total. The molecule has 18 heavy (non-hydrogen) atoms. The molecule has 0 aliphatic rings. The number of aryl methyl sites for hydroxylation is 1. The highest BCUT2D eigenvalue weighted by Crippen LogP contribution is 2.12. The largest absolute Gasteiger partial charge is 0.480 e. The second-order valence-electron chi connectivity index (χ2n) is 4.70. The second kappa shape index (κ2) is 6.50. The van der Waals surface area contributed by atoms with Crippen molar-refractivity contribution in [3.05, 3.63) is 35.6 Å². The lowest BCUT2D eigenvalue weighted by Gasteiger charge is -2.28. The minimum absolute atomic E-state index is 0.138. The van der Waals surface area contributed by atoms with Crippen molar-refractivity contribution in [3.8, 4) is 0 Å². The van der Waals surface area contributed by atoms with Crippen LogP contribution in [-0.4, -0.2) is 35.1 Å². The molecule has 1 rings (SSSR count). The molecule has 0 saturated carbocycles. The normalized spacial score (nSPS) is 14.5. The molecule has 0 amide bonds. The van der Waals surface area contributed by atoms with Gasteiger partial charge in [0.15, 0.2) is 0 Å². The lowest BCUT2D eigenvalue weighted by atomic mass is 10.0. The van der Waals surface area contributed by atoms with Crippen molar-refractivity contribution in [2.45, 2.75) is 38.8 Å². The first kappa shape index (κ1) is 14.6. The number of hydrogen-bond donors (Lipinski definition) is 1. The van der Waals surface area contributed by atoms with E-state index in [0.29, 0.717) is 0 Å². The SMILES string of the molecule is CC(CCc1cccc(F)c1)N(C)C(C)C(=O)O. The van der Waals surface area contributed by atoms with Crippen molar-refractivity contribution < 1.29 is 14.3 Å². The summed E-state index contributed by atoms with van der Waals surface area (Å²) in [6, 6.07) is 6.15. The van der Waals surface area contributed by atoms with Crippen LogP contribution >= 0.6 is 0 Å². The zero-order valence-corrected chi connectivity index (χ0v) is 11.1. The Bertz CT molecular complexity index is 409. The van der Waals surface area contributed by atoms with E-state index in [1.807, 2.05) is 17.9 Å². The Hall–Kier alpha value is -1.42. The van der Waals surface area contributed by atoms with Crippen LogP contribution in [0.2, 0.25) is 0 Å². The first-order valence-electron chi connectivity index (χ1n) is 6.11. The van der Waals surface area contributed by atoms with E-state index >= 15 is 0 Å². The molecule has 0 saturated heterocycles. The van der Waals surface area contributed by atoms with Crippen molar-refractivity contribution in [1.29, 1.82) is 0 Å². The Morgan fingerprint density at radius 2 is 2.11 bits per heavy atom. The molecular weight excluding hydrogens is 233 g/mol. The fourth-order valence-corrected chi connectivity index (χ4v) is 1.83. The van der Waals surface area contributed by atoms with Gasteiger partial charge in [-0.1, -0.05) is 12.1 Å². The molecule has 0 fully saturated rings. The smallest absolute Gasteiger partial charge is 0.320 e. The summed E-state index contributed by atoms with van der Waals surface area (Å²) in [6.07, 6.45) is 1.55. The van der Waals surface area contributed by atoms with Gasteiger partial charge < -0.3 is 5.11 Å². The predicted octanol–water partition coefficient (Wildman–Crippen LogP) is 2.55. The van der Waals surface area contributed by atoms with Crippen LogP contribution in [0.5, 0.6) is 0 Å². The molecule has 3 nitrogen and oxygen atoms in total. The minimum atomic E-state index is -0.824. The fraction of sp³-hybridized carbons (Fsp3) is 0.500. The highest BCUT2D eigenvalue weighted by Gasteiger charge is 2.21. The number of hydrogen-bond acceptors (Lipinski definition) is 2. The van der Waals surface area contributed by atoms with Crippen LogP contribution in [0.1, 0.15) is 25.8 Å². The van der Waals surface area contributed by atoms with E-state index in [2.05, 4.69) is 0 Å². The standard InChI is InChI=1S/C14H20FNO2/c1-10(16(3)11(2)14(17)18)7-8-12-5-4-6-13(15)9-12/h4-6,9-11H,7-8H2,1-3H3,(H,17,18). The minimum Gasteiger partial charge on any atom is -0.480 e. The summed E-state index contributed by atoms with van der Waals surface area (Å²) in [7, 11) is 1.80. The number of carbonyl (C=O) groups is 1. The Kier molecular flexibility index (Phi) is 5.28. The predicted molar refractivity (Wildman–Crippen MR) is 69.0 cm³/mol. The van der Waals surface area contributed by atoms with Crippen LogP contribution in [0.3, 0.4) is 0 Å². The molecular formula is C14H20FNO2. The third-order valence-corrected chi connectivity index (χ3v) is 3.40. The van der Waals surface area contributed by atoms with E-state index in [4.69, 9.17) is 5.11 Å². The Balaban J connectivity index is 2.50. The van der Waals surface area contributed by atoms with E-state index in [0.717, 1.165) is 18.4 Å². The lowest BCUT2D eigenvalue weighted by molar-refractivity contribution is -0.142. The Labute approximate surface area is 107 Å². The number of nitrogens with zero attached hydrogens (tertiary/aromatic N) is 1. The van der Waals surface area contributed by atoms with E-state index in [1.54, 1.807) is 20.0 Å². The molecule has 0 heterocycles. The van der Waals surface area contributed by atoms with Gasteiger partial charge in [-0.05, 0) is 51.4 Å². The van der Waals surface area contributed by atoms with E-state index in [9.17, 15) is 9.18 Å². The van der Waals surface area contributed by atoms with Gasteiger partial charge in [0, 0.05) is 6.04 Å². The third-order valence-electron chi connectivity index (χ3n) is 3.40. The molecule has 0 aliphatic heterocycles. The summed E-state index contributed by atoms with van der Waals surface area (Å²) >= 11 is 0. The molecule has 0 bridgehead atoms. The summed E-state index contributed by atoms with van der Waals surface area (Å²) in [5.74, 6) is -1.05. The Morgan fingerprint density at radius 3 is 2.67 bits per heavy atom. The molecule has 0 aromatic heterocycles. The van der Waals surface area contributed by atoms with E-state index in [-0.39, 0.29) is 11.9 Å². The van der Waals surface area contributed by atoms with Gasteiger partial charge in [0.05, 0.1) is 0 Å². The van der Waals surface area contributed by atoms with Crippen LogP contribution in [0, 0.1) is 5.82 Å². The first-order valence-corrected chi connectivity index (χ1v) is 6.11. The summed E-state index contributed by atoms with van der Waals surface area (Å²) in [4.78, 5) is 12.7. The maximum absolute atomic E-state index is 13.0. The maximum Gasteiger partial charge on any atom is 0.320 e. The highest BCUT2D eigenvalue weighted by molar-refractivity contribution is 5.72. The molecule has 0 radical (unpaired) electrons. The maximum atomic E-state index is 13.0. The average molecular weight is 253 g/mol. The van der Waals surface area contributed by atoms with Gasteiger partial charge in [0.1, 0.15) is 11.9 Å². The number of likely N-dealkylation sites (N-methyl/N-ethyl adjacent to an activating group) is 1. The monoisotopic (exact) mass is 253 g/mol.